The van der Waals surface area contributed by atoms with Gasteiger partial charge in [-0.25, -0.2) is 9.59 Å². The van der Waals surface area contributed by atoms with Gasteiger partial charge in [0.1, 0.15) is 6.04 Å². The van der Waals surface area contributed by atoms with Crippen molar-refractivity contribution in [1.29, 1.82) is 0 Å². The predicted molar refractivity (Wildman–Crippen MR) is 113 cm³/mol. The monoisotopic (exact) mass is 417 g/mol. The molecule has 0 unspecified atom stereocenters. The highest BCUT2D eigenvalue weighted by molar-refractivity contribution is 6.30. The van der Waals surface area contributed by atoms with Crippen molar-refractivity contribution < 1.29 is 19.1 Å². The van der Waals surface area contributed by atoms with Gasteiger partial charge in [-0.2, -0.15) is 0 Å². The lowest BCUT2D eigenvalue weighted by Gasteiger charge is -2.23. The molecule has 29 heavy (non-hydrogen) atoms. The number of anilines is 2. The SMILES string of the molecule is CC(C)[C@H](NC(=O)Nc1ccccc1)C(=O)O[C@H](C)C(=O)Nc1ccc(Cl)cc1. The number of urea groups is 1. The quantitative estimate of drug-likeness (QED) is 0.592. The van der Waals surface area contributed by atoms with E-state index in [0.29, 0.717) is 16.4 Å². The van der Waals surface area contributed by atoms with Crippen LogP contribution in [0.4, 0.5) is 16.2 Å². The number of hydrogen-bond donors (Lipinski definition) is 3. The Kier molecular flexibility index (Phi) is 8.03. The molecule has 0 saturated heterocycles. The number of halogens is 1. The van der Waals surface area contributed by atoms with Crippen LogP contribution in [0.25, 0.3) is 0 Å². The summed E-state index contributed by atoms with van der Waals surface area (Å²) < 4.78 is 5.26. The van der Waals surface area contributed by atoms with Gasteiger partial charge in [0, 0.05) is 16.4 Å². The number of nitrogens with one attached hydrogen (secondary N) is 3. The average Bonchev–Trinajstić information content (AvgIpc) is 2.68. The highest BCUT2D eigenvalue weighted by atomic mass is 35.5. The first-order valence-electron chi connectivity index (χ1n) is 9.15. The molecule has 0 bridgehead atoms. The van der Waals surface area contributed by atoms with Crippen molar-refractivity contribution in [3.8, 4) is 0 Å². The van der Waals surface area contributed by atoms with Crippen molar-refractivity contribution in [3.63, 3.8) is 0 Å². The Balaban J connectivity index is 1.92. The number of ether oxygens (including phenoxy) is 1. The first-order valence-corrected chi connectivity index (χ1v) is 9.53. The minimum Gasteiger partial charge on any atom is -0.451 e. The van der Waals surface area contributed by atoms with E-state index in [1.807, 2.05) is 6.07 Å². The topological polar surface area (TPSA) is 96.5 Å². The Bertz CT molecular complexity index is 841. The zero-order valence-corrected chi connectivity index (χ0v) is 17.2. The van der Waals surface area contributed by atoms with Crippen LogP contribution in [-0.4, -0.2) is 30.1 Å². The van der Waals surface area contributed by atoms with Gasteiger partial charge in [-0.1, -0.05) is 43.6 Å². The maximum atomic E-state index is 12.5. The van der Waals surface area contributed by atoms with E-state index in [1.54, 1.807) is 62.4 Å². The highest BCUT2D eigenvalue weighted by Gasteiger charge is 2.29. The van der Waals surface area contributed by atoms with Gasteiger partial charge in [0.15, 0.2) is 6.10 Å². The number of rotatable bonds is 7. The molecular formula is C21H24ClN3O4. The minimum atomic E-state index is -1.04. The maximum Gasteiger partial charge on any atom is 0.329 e. The third kappa shape index (κ3) is 7.12. The van der Waals surface area contributed by atoms with E-state index >= 15 is 0 Å². The Hall–Kier alpha value is -3.06. The fraction of sp³-hybridized carbons (Fsp3) is 0.286. The summed E-state index contributed by atoms with van der Waals surface area (Å²) >= 11 is 5.81. The first-order chi connectivity index (χ1) is 13.8. The van der Waals surface area contributed by atoms with Gasteiger partial charge in [0.05, 0.1) is 0 Å². The summed E-state index contributed by atoms with van der Waals surface area (Å²) in [5, 5.41) is 8.43. The van der Waals surface area contributed by atoms with Crippen LogP contribution in [0.2, 0.25) is 5.02 Å². The molecule has 0 fully saturated rings. The van der Waals surface area contributed by atoms with Crippen molar-refractivity contribution in [3.05, 3.63) is 59.6 Å². The van der Waals surface area contributed by atoms with Crippen LogP contribution >= 0.6 is 11.6 Å². The zero-order chi connectivity index (χ0) is 21.4. The van der Waals surface area contributed by atoms with Crippen LogP contribution in [0, 0.1) is 5.92 Å². The van der Waals surface area contributed by atoms with E-state index in [0.717, 1.165) is 0 Å². The number of carbonyl (C=O) groups is 3. The molecule has 0 spiro atoms. The van der Waals surface area contributed by atoms with Crippen molar-refractivity contribution in [2.75, 3.05) is 10.6 Å². The van der Waals surface area contributed by atoms with Crippen LogP contribution in [0.5, 0.6) is 0 Å². The average molecular weight is 418 g/mol. The molecule has 2 atom stereocenters. The zero-order valence-electron chi connectivity index (χ0n) is 16.4. The largest absolute Gasteiger partial charge is 0.451 e. The van der Waals surface area contributed by atoms with Crippen LogP contribution in [0.3, 0.4) is 0 Å². The predicted octanol–water partition coefficient (Wildman–Crippen LogP) is 4.06. The second-order valence-corrected chi connectivity index (χ2v) is 7.20. The molecule has 0 aliphatic heterocycles. The molecule has 7 nitrogen and oxygen atoms in total. The summed E-state index contributed by atoms with van der Waals surface area (Å²) in [5.41, 5.74) is 1.12. The Labute approximate surface area is 174 Å². The van der Waals surface area contributed by atoms with Crippen molar-refractivity contribution in [2.45, 2.75) is 32.9 Å². The summed E-state index contributed by atoms with van der Waals surface area (Å²) in [6.07, 6.45) is -1.04. The maximum absolute atomic E-state index is 12.5. The smallest absolute Gasteiger partial charge is 0.329 e. The molecule has 0 heterocycles. The lowest BCUT2D eigenvalue weighted by Crippen LogP contribution is -2.48. The lowest BCUT2D eigenvalue weighted by molar-refractivity contribution is -0.156. The van der Waals surface area contributed by atoms with Gasteiger partial charge in [0.25, 0.3) is 5.91 Å². The van der Waals surface area contributed by atoms with Crippen molar-refractivity contribution in [1.82, 2.24) is 5.32 Å². The van der Waals surface area contributed by atoms with Gasteiger partial charge in [-0.05, 0) is 49.2 Å². The number of benzene rings is 2. The normalized spacial score (nSPS) is 12.6. The summed E-state index contributed by atoms with van der Waals surface area (Å²) in [5.74, 6) is -1.42. The third-order valence-corrected chi connectivity index (χ3v) is 4.26. The molecule has 0 radical (unpaired) electrons. The van der Waals surface area contributed by atoms with Crippen LogP contribution in [0.1, 0.15) is 20.8 Å². The van der Waals surface area contributed by atoms with Crippen molar-refractivity contribution >= 4 is 40.9 Å². The van der Waals surface area contributed by atoms with E-state index in [-0.39, 0.29) is 5.92 Å². The molecule has 0 saturated carbocycles. The fourth-order valence-electron chi connectivity index (χ4n) is 2.41. The first kappa shape index (κ1) is 22.2. The van der Waals surface area contributed by atoms with E-state index in [4.69, 9.17) is 16.3 Å². The highest BCUT2D eigenvalue weighted by Crippen LogP contribution is 2.14. The number of esters is 1. The number of hydrogen-bond acceptors (Lipinski definition) is 4. The molecule has 0 aromatic heterocycles. The Morgan fingerprint density at radius 1 is 0.862 bits per heavy atom. The molecule has 2 aromatic rings. The van der Waals surface area contributed by atoms with E-state index < -0.39 is 30.1 Å². The van der Waals surface area contributed by atoms with Crippen LogP contribution < -0.4 is 16.0 Å². The minimum absolute atomic E-state index is 0.240. The second-order valence-electron chi connectivity index (χ2n) is 6.76. The Morgan fingerprint density at radius 2 is 1.45 bits per heavy atom. The van der Waals surface area contributed by atoms with E-state index in [9.17, 15) is 14.4 Å². The lowest BCUT2D eigenvalue weighted by atomic mass is 10.0. The number of amides is 3. The van der Waals surface area contributed by atoms with Crippen LogP contribution in [0.15, 0.2) is 54.6 Å². The standard InChI is InChI=1S/C21H24ClN3O4/c1-13(2)18(25-21(28)24-16-7-5-4-6-8-16)20(27)29-14(3)19(26)23-17-11-9-15(22)10-12-17/h4-14,18H,1-3H3,(H,23,26)(H2,24,25,28)/t14-,18+/m1/s1. The molecule has 2 aromatic carbocycles. The summed E-state index contributed by atoms with van der Waals surface area (Å²) in [4.78, 5) is 37.0. The molecule has 2 rings (SSSR count). The van der Waals surface area contributed by atoms with Gasteiger partial charge in [0.2, 0.25) is 0 Å². The fourth-order valence-corrected chi connectivity index (χ4v) is 2.53. The molecule has 3 N–H and O–H groups in total. The van der Waals surface area contributed by atoms with Gasteiger partial charge in [-0.3, -0.25) is 4.79 Å². The van der Waals surface area contributed by atoms with Crippen molar-refractivity contribution in [2.24, 2.45) is 5.92 Å². The molecule has 3 amide bonds. The van der Waals surface area contributed by atoms with Gasteiger partial charge in [-0.15, -0.1) is 0 Å². The van der Waals surface area contributed by atoms with Gasteiger partial charge < -0.3 is 20.7 Å². The molecule has 154 valence electrons. The number of para-hydroxylation sites is 1. The molecular weight excluding hydrogens is 394 g/mol. The van der Waals surface area contributed by atoms with E-state index in [1.165, 1.54) is 6.92 Å². The summed E-state index contributed by atoms with van der Waals surface area (Å²) in [6.45, 7) is 5.00. The number of carbonyl (C=O) groups excluding carboxylic acids is 3. The summed E-state index contributed by atoms with van der Waals surface area (Å²) in [7, 11) is 0. The summed E-state index contributed by atoms with van der Waals surface area (Å²) in [6, 6.07) is 14.0. The second kappa shape index (κ2) is 10.5. The molecule has 0 aliphatic carbocycles. The van der Waals surface area contributed by atoms with Crippen LogP contribution in [-0.2, 0) is 14.3 Å². The molecule has 0 aliphatic rings. The van der Waals surface area contributed by atoms with E-state index in [2.05, 4.69) is 16.0 Å². The Morgan fingerprint density at radius 3 is 2.03 bits per heavy atom. The third-order valence-electron chi connectivity index (χ3n) is 4.01. The van der Waals surface area contributed by atoms with Gasteiger partial charge >= 0.3 is 12.0 Å². The molecule has 8 heteroatoms.